The summed E-state index contributed by atoms with van der Waals surface area (Å²) in [5, 5.41) is 9.53. The zero-order valence-corrected chi connectivity index (χ0v) is 7.83. The minimum atomic E-state index is -0.417. The maximum absolute atomic E-state index is 9.53. The Labute approximate surface area is 77.4 Å². The topological polar surface area (TPSA) is 23.1 Å². The number of halogens is 1. The first-order valence-corrected chi connectivity index (χ1v) is 1.39. The summed E-state index contributed by atoms with van der Waals surface area (Å²) in [6.45, 7) is 3.22. The van der Waals surface area contributed by atoms with Crippen LogP contribution in [0.15, 0.2) is 0 Å². The average Bonchev–Trinajstić information content (AvgIpc) is 0.811. The molecule has 0 aliphatic heterocycles. The smallest absolute Gasteiger partial charge is 1.00 e. The summed E-state index contributed by atoms with van der Waals surface area (Å²) in [6, 6.07) is 0. The van der Waals surface area contributed by atoms with Gasteiger partial charge in [0.2, 0.25) is 0 Å². The van der Waals surface area contributed by atoms with Crippen LogP contribution in [0, 0.1) is 40.8 Å². The zero-order chi connectivity index (χ0) is 3.58. The summed E-state index contributed by atoms with van der Waals surface area (Å²) in [6.07, 6.45) is -0.417. The van der Waals surface area contributed by atoms with Gasteiger partial charge in [0.15, 0.2) is 0 Å². The van der Waals surface area contributed by atoms with Gasteiger partial charge in [-0.25, -0.2) is 0 Å². The van der Waals surface area contributed by atoms with Crippen LogP contribution in [0.2, 0.25) is 0 Å². The quantitative estimate of drug-likeness (QED) is 0.435. The van der Waals surface area contributed by atoms with Gasteiger partial charge in [-0.15, -0.1) is 6.10 Å². The van der Waals surface area contributed by atoms with Crippen molar-refractivity contribution in [2.45, 2.75) is 20.0 Å². The molecule has 0 N–H and O–H groups in total. The molecule has 0 aromatic rings. The molecule has 0 spiro atoms. The molecular weight excluding hydrogens is 232 g/mol. The van der Waals surface area contributed by atoms with Gasteiger partial charge >= 0.3 is 40.8 Å². The molecule has 0 bridgehead atoms. The maximum Gasteiger partial charge on any atom is 2.00 e. The molecule has 0 unspecified atom stereocenters. The fourth-order valence-electron chi connectivity index (χ4n) is 0. The Morgan fingerprint density at radius 3 is 1.33 bits per heavy atom. The summed E-state index contributed by atoms with van der Waals surface area (Å²) in [5.74, 6) is 0. The van der Waals surface area contributed by atoms with Crippen molar-refractivity contribution in [2.24, 2.45) is 0 Å². The molecule has 1 nitrogen and oxygen atoms in total. The monoisotopic (exact) mass is 236 g/mol. The molecular formula is C3H7ClNdO. The van der Waals surface area contributed by atoms with E-state index in [0.29, 0.717) is 0 Å². The van der Waals surface area contributed by atoms with Gasteiger partial charge in [0.25, 0.3) is 0 Å². The van der Waals surface area contributed by atoms with Gasteiger partial charge in [-0.05, 0) is 0 Å². The normalized spacial score (nSPS) is 6.00. The van der Waals surface area contributed by atoms with E-state index >= 15 is 0 Å². The van der Waals surface area contributed by atoms with Crippen LogP contribution in [0.5, 0.6) is 0 Å². The third-order valence-corrected chi connectivity index (χ3v) is 0. The van der Waals surface area contributed by atoms with Crippen molar-refractivity contribution in [3.05, 3.63) is 0 Å². The molecule has 0 aromatic heterocycles. The van der Waals surface area contributed by atoms with Gasteiger partial charge in [0.05, 0.1) is 0 Å². The fourth-order valence-corrected chi connectivity index (χ4v) is 0. The Hall–Kier alpha value is 1.60. The molecule has 0 amide bonds. The second-order valence-electron chi connectivity index (χ2n) is 1.05. The van der Waals surface area contributed by atoms with Crippen LogP contribution < -0.4 is 17.5 Å². The van der Waals surface area contributed by atoms with Crippen molar-refractivity contribution in [1.82, 2.24) is 0 Å². The second kappa shape index (κ2) is 9.78. The molecule has 0 heterocycles. The van der Waals surface area contributed by atoms with E-state index in [4.69, 9.17) is 0 Å². The standard InChI is InChI=1S/C3H7O.ClH.Nd/c1-3(2)4;;/h3H,1-2H3;1H;/q-1;;+2/p-1. The van der Waals surface area contributed by atoms with Crippen LogP contribution in [0.4, 0.5) is 0 Å². The van der Waals surface area contributed by atoms with Crippen LogP contribution in [0.1, 0.15) is 13.8 Å². The molecule has 0 radical (unpaired) electrons. The van der Waals surface area contributed by atoms with Crippen LogP contribution in [-0.2, 0) is 0 Å². The molecule has 0 atom stereocenters. The Morgan fingerprint density at radius 2 is 1.33 bits per heavy atom. The van der Waals surface area contributed by atoms with Crippen molar-refractivity contribution in [3.63, 3.8) is 0 Å². The van der Waals surface area contributed by atoms with E-state index in [1.165, 1.54) is 0 Å². The predicted molar refractivity (Wildman–Crippen MR) is 15.1 cm³/mol. The predicted octanol–water partition coefficient (Wildman–Crippen LogP) is -3.24. The first-order valence-electron chi connectivity index (χ1n) is 1.39. The number of hydrogen-bond acceptors (Lipinski definition) is 1. The molecule has 0 saturated heterocycles. The molecule has 6 heavy (non-hydrogen) atoms. The molecule has 0 saturated carbocycles. The third-order valence-electron chi connectivity index (χ3n) is 0. The van der Waals surface area contributed by atoms with Crippen LogP contribution >= 0.6 is 0 Å². The maximum atomic E-state index is 9.53. The molecule has 0 aromatic carbocycles. The van der Waals surface area contributed by atoms with E-state index < -0.39 is 6.10 Å². The molecule has 0 rings (SSSR count). The van der Waals surface area contributed by atoms with Crippen molar-refractivity contribution < 1.29 is 58.4 Å². The van der Waals surface area contributed by atoms with Crippen molar-refractivity contribution in [3.8, 4) is 0 Å². The summed E-state index contributed by atoms with van der Waals surface area (Å²) in [7, 11) is 0. The zero-order valence-electron chi connectivity index (χ0n) is 3.86. The average molecular weight is 239 g/mol. The SMILES string of the molecule is CC(C)[O-].[Cl-].[Nd+2]. The van der Waals surface area contributed by atoms with Crippen molar-refractivity contribution >= 4 is 0 Å². The van der Waals surface area contributed by atoms with Gasteiger partial charge in [-0.1, -0.05) is 13.8 Å². The van der Waals surface area contributed by atoms with E-state index in [1.807, 2.05) is 0 Å². The van der Waals surface area contributed by atoms with Crippen LogP contribution in [0.25, 0.3) is 0 Å². The Kier molecular flexibility index (Phi) is 25.5. The van der Waals surface area contributed by atoms with Gasteiger partial charge in [-0.2, -0.15) is 0 Å². The summed E-state index contributed by atoms with van der Waals surface area (Å²) < 4.78 is 0. The van der Waals surface area contributed by atoms with E-state index in [0.717, 1.165) is 0 Å². The molecule has 3 heteroatoms. The first kappa shape index (κ1) is 15.6. The largest absolute Gasteiger partial charge is 2.00 e. The first-order chi connectivity index (χ1) is 1.73. The minimum Gasteiger partial charge on any atom is -1.00 e. The van der Waals surface area contributed by atoms with Gasteiger partial charge in [0, 0.05) is 0 Å². The Bertz CT molecular complexity index is 15.5. The molecule has 36 valence electrons. The third kappa shape index (κ3) is 46.3. The number of hydrogen-bond donors (Lipinski definition) is 0. The molecule has 0 fully saturated rings. The minimum absolute atomic E-state index is 0. The number of rotatable bonds is 0. The summed E-state index contributed by atoms with van der Waals surface area (Å²) in [5.41, 5.74) is 0. The van der Waals surface area contributed by atoms with Crippen LogP contribution in [-0.4, -0.2) is 6.10 Å². The molecule has 0 aliphatic carbocycles. The van der Waals surface area contributed by atoms with Gasteiger partial charge in [0.1, 0.15) is 0 Å². The van der Waals surface area contributed by atoms with Crippen molar-refractivity contribution in [1.29, 1.82) is 0 Å². The van der Waals surface area contributed by atoms with Crippen LogP contribution in [0.3, 0.4) is 0 Å². The van der Waals surface area contributed by atoms with E-state index in [2.05, 4.69) is 0 Å². The second-order valence-corrected chi connectivity index (χ2v) is 1.05. The van der Waals surface area contributed by atoms with E-state index in [9.17, 15) is 5.11 Å². The van der Waals surface area contributed by atoms with Gasteiger partial charge < -0.3 is 17.5 Å². The Morgan fingerprint density at radius 1 is 1.33 bits per heavy atom. The Balaban J connectivity index is -0.0000000450. The van der Waals surface area contributed by atoms with Crippen molar-refractivity contribution in [2.75, 3.05) is 0 Å². The van der Waals surface area contributed by atoms with E-state index in [1.54, 1.807) is 13.8 Å². The van der Waals surface area contributed by atoms with E-state index in [-0.39, 0.29) is 53.2 Å². The summed E-state index contributed by atoms with van der Waals surface area (Å²) >= 11 is 0. The van der Waals surface area contributed by atoms with Gasteiger partial charge in [-0.3, -0.25) is 0 Å². The summed E-state index contributed by atoms with van der Waals surface area (Å²) in [4.78, 5) is 0. The molecule has 0 aliphatic rings. The fraction of sp³-hybridized carbons (Fsp3) is 1.00.